The van der Waals surface area contributed by atoms with Crippen molar-refractivity contribution in [3.8, 4) is 0 Å². The Kier molecular flexibility index (Phi) is 5.33. The minimum atomic E-state index is -0.547. The van der Waals surface area contributed by atoms with Crippen molar-refractivity contribution in [3.05, 3.63) is 0 Å². The Morgan fingerprint density at radius 3 is 0.895 bits per heavy atom. The Morgan fingerprint density at radius 2 is 0.632 bits per heavy atom. The van der Waals surface area contributed by atoms with Crippen molar-refractivity contribution < 1.29 is 0 Å². The van der Waals surface area contributed by atoms with E-state index in [1.54, 1.807) is 0 Å². The number of hydrogen-bond donors (Lipinski definition) is 0. The highest BCUT2D eigenvalue weighted by molar-refractivity contribution is 6.49. The lowest BCUT2D eigenvalue weighted by atomic mass is 10.2. The van der Waals surface area contributed by atoms with Gasteiger partial charge in [0, 0.05) is 0 Å². The van der Waals surface area contributed by atoms with Gasteiger partial charge in [0.1, 0.15) is 0 Å². The van der Waals surface area contributed by atoms with Crippen LogP contribution in [0.15, 0.2) is 0 Å². The first kappa shape index (κ1) is 14.1. The van der Waals surface area contributed by atoms with Crippen LogP contribution in [-0.2, 0) is 0 Å². The maximum Gasteiger partial charge on any atom is 0.327 e. The summed E-state index contributed by atoms with van der Waals surface area (Å²) in [6.45, 7) is 8.26. The van der Waals surface area contributed by atoms with Crippen molar-refractivity contribution in [1.82, 2.24) is 13.7 Å². The highest BCUT2D eigenvalue weighted by Crippen LogP contribution is 2.21. The van der Waals surface area contributed by atoms with Crippen LogP contribution in [0.2, 0.25) is 0 Å². The highest BCUT2D eigenvalue weighted by atomic mass is 28.3. The van der Waals surface area contributed by atoms with Gasteiger partial charge in [-0.25, -0.2) is 0 Å². The second kappa shape index (κ2) is 7.20. The lowest BCUT2D eigenvalue weighted by Gasteiger charge is -2.46. The molecule has 0 spiro atoms. The van der Waals surface area contributed by atoms with Crippen molar-refractivity contribution in [1.29, 1.82) is 0 Å². The first-order valence-corrected chi connectivity index (χ1v) is 9.91. The minimum absolute atomic E-state index is 0.547. The minimum Gasteiger partial charge on any atom is -0.299 e. The molecule has 0 atom stereocenters. The van der Waals surface area contributed by atoms with Crippen LogP contribution < -0.4 is 0 Å². The van der Waals surface area contributed by atoms with Gasteiger partial charge in [0.05, 0.1) is 0 Å². The summed E-state index contributed by atoms with van der Waals surface area (Å²) in [5, 5.41) is 0. The van der Waals surface area contributed by atoms with E-state index in [-0.39, 0.29) is 0 Å². The smallest absolute Gasteiger partial charge is 0.299 e. The molecule has 3 saturated heterocycles. The quantitative estimate of drug-likeness (QED) is 0.735. The summed E-state index contributed by atoms with van der Waals surface area (Å²) in [7, 11) is -0.547. The van der Waals surface area contributed by atoms with Gasteiger partial charge in [0.15, 0.2) is 0 Å². The first-order chi connectivity index (χ1) is 9.45. The molecule has 0 amide bonds. The van der Waals surface area contributed by atoms with Gasteiger partial charge in [-0.2, -0.15) is 0 Å². The first-order valence-electron chi connectivity index (χ1n) is 8.57. The molecule has 0 aromatic rings. The SMILES string of the molecule is C1CCN([Si](N2CCCCC2)N2CCCCC2)CC1. The fraction of sp³-hybridized carbons (Fsp3) is 1.00. The molecule has 0 aromatic heterocycles. The van der Waals surface area contributed by atoms with Crippen LogP contribution in [0.25, 0.3) is 0 Å². The summed E-state index contributed by atoms with van der Waals surface area (Å²) in [6, 6.07) is 0. The molecule has 3 nitrogen and oxygen atoms in total. The van der Waals surface area contributed by atoms with Gasteiger partial charge in [0.2, 0.25) is 0 Å². The van der Waals surface area contributed by atoms with E-state index in [1.165, 1.54) is 97.1 Å². The lowest BCUT2D eigenvalue weighted by Crippen LogP contribution is -2.65. The topological polar surface area (TPSA) is 9.72 Å². The van der Waals surface area contributed by atoms with E-state index in [0.717, 1.165) is 0 Å². The van der Waals surface area contributed by atoms with Crippen LogP contribution in [0.5, 0.6) is 0 Å². The number of nitrogens with zero attached hydrogens (tertiary/aromatic N) is 3. The fourth-order valence-corrected chi connectivity index (χ4v) is 7.23. The van der Waals surface area contributed by atoms with Crippen molar-refractivity contribution in [2.45, 2.75) is 57.8 Å². The number of piperidine rings is 3. The molecule has 3 heterocycles. The molecule has 0 bridgehead atoms. The van der Waals surface area contributed by atoms with Gasteiger partial charge in [-0.15, -0.1) is 0 Å². The van der Waals surface area contributed by atoms with E-state index in [0.29, 0.717) is 0 Å². The molecule has 3 aliphatic rings. The summed E-state index contributed by atoms with van der Waals surface area (Å²) in [6.07, 6.45) is 13.0. The zero-order chi connectivity index (χ0) is 12.9. The highest BCUT2D eigenvalue weighted by Gasteiger charge is 2.36. The molecular weight excluding hydrogens is 250 g/mol. The predicted octanol–water partition coefficient (Wildman–Crippen LogP) is 2.43. The molecule has 4 heteroatoms. The van der Waals surface area contributed by atoms with Crippen molar-refractivity contribution >= 4 is 9.28 Å². The molecule has 3 fully saturated rings. The summed E-state index contributed by atoms with van der Waals surface area (Å²) in [5.74, 6) is 0. The Bertz CT molecular complexity index is 213. The monoisotopic (exact) mass is 280 g/mol. The van der Waals surface area contributed by atoms with E-state index >= 15 is 0 Å². The van der Waals surface area contributed by atoms with Crippen molar-refractivity contribution in [2.75, 3.05) is 39.3 Å². The molecule has 3 aliphatic heterocycles. The van der Waals surface area contributed by atoms with Gasteiger partial charge in [0.25, 0.3) is 0 Å². The molecule has 109 valence electrons. The van der Waals surface area contributed by atoms with E-state index in [1.807, 2.05) is 0 Å². The van der Waals surface area contributed by atoms with Crippen LogP contribution in [0.1, 0.15) is 57.8 Å². The van der Waals surface area contributed by atoms with Crippen molar-refractivity contribution in [2.24, 2.45) is 0 Å². The molecule has 0 N–H and O–H groups in total. The number of rotatable bonds is 3. The largest absolute Gasteiger partial charge is 0.327 e. The fourth-order valence-electron chi connectivity index (χ4n) is 3.88. The lowest BCUT2D eigenvalue weighted by molar-refractivity contribution is 0.211. The van der Waals surface area contributed by atoms with E-state index in [9.17, 15) is 0 Å². The third-order valence-corrected chi connectivity index (χ3v) is 7.96. The van der Waals surface area contributed by atoms with Gasteiger partial charge < -0.3 is 0 Å². The van der Waals surface area contributed by atoms with Crippen LogP contribution in [0.4, 0.5) is 0 Å². The van der Waals surface area contributed by atoms with E-state index in [2.05, 4.69) is 13.7 Å². The zero-order valence-corrected chi connectivity index (χ0v) is 13.4. The normalized spacial score (nSPS) is 28.9. The summed E-state index contributed by atoms with van der Waals surface area (Å²) >= 11 is 0. The molecule has 19 heavy (non-hydrogen) atoms. The third-order valence-electron chi connectivity index (χ3n) is 4.92. The summed E-state index contributed by atoms with van der Waals surface area (Å²) < 4.78 is 8.68. The Labute approximate surface area is 120 Å². The maximum absolute atomic E-state index is 2.89. The summed E-state index contributed by atoms with van der Waals surface area (Å²) in [4.78, 5) is 0. The summed E-state index contributed by atoms with van der Waals surface area (Å²) in [5.41, 5.74) is 0. The average molecular weight is 281 g/mol. The molecule has 0 saturated carbocycles. The number of hydrogen-bond acceptors (Lipinski definition) is 3. The Morgan fingerprint density at radius 1 is 0.368 bits per heavy atom. The van der Waals surface area contributed by atoms with Gasteiger partial charge in [-0.1, -0.05) is 19.3 Å². The van der Waals surface area contributed by atoms with Gasteiger partial charge in [-0.05, 0) is 77.8 Å². The van der Waals surface area contributed by atoms with Crippen LogP contribution >= 0.6 is 0 Å². The van der Waals surface area contributed by atoms with E-state index < -0.39 is 9.28 Å². The molecule has 3 rings (SSSR count). The van der Waals surface area contributed by atoms with E-state index in [4.69, 9.17) is 0 Å². The standard InChI is InChI=1S/C15H30N3Si/c1-4-10-16(11-5-1)19(17-12-6-2-7-13-17)18-14-8-3-9-15-18/h1-15H2. The molecular formula is C15H30N3Si. The van der Waals surface area contributed by atoms with Crippen LogP contribution in [-0.4, -0.2) is 62.2 Å². The molecule has 0 aromatic carbocycles. The second-order valence-electron chi connectivity index (χ2n) is 6.44. The third kappa shape index (κ3) is 3.60. The second-order valence-corrected chi connectivity index (χ2v) is 8.94. The molecule has 0 aliphatic carbocycles. The van der Waals surface area contributed by atoms with Gasteiger partial charge >= 0.3 is 9.28 Å². The maximum atomic E-state index is 2.89. The zero-order valence-electron chi connectivity index (χ0n) is 12.4. The molecule has 0 unspecified atom stereocenters. The van der Waals surface area contributed by atoms with Crippen LogP contribution in [0, 0.1) is 0 Å². The Balaban J connectivity index is 1.68. The average Bonchev–Trinajstić information content (AvgIpc) is 2.51. The molecule has 1 radical (unpaired) electrons. The van der Waals surface area contributed by atoms with Gasteiger partial charge in [-0.3, -0.25) is 13.7 Å². The van der Waals surface area contributed by atoms with Crippen LogP contribution in [0.3, 0.4) is 0 Å². The predicted molar refractivity (Wildman–Crippen MR) is 82.0 cm³/mol. The van der Waals surface area contributed by atoms with Crippen molar-refractivity contribution in [3.63, 3.8) is 0 Å². The Hall–Kier alpha value is 0.0969.